The molecule has 0 spiro atoms. The number of carbonyl (C=O) groups is 1. The first-order valence-electron chi connectivity index (χ1n) is 8.76. The lowest BCUT2D eigenvalue weighted by Crippen LogP contribution is -2.53. The Kier molecular flexibility index (Phi) is 4.54. The van der Waals surface area contributed by atoms with E-state index in [4.69, 9.17) is 9.47 Å². The van der Waals surface area contributed by atoms with Crippen LogP contribution in [0.2, 0.25) is 0 Å². The van der Waals surface area contributed by atoms with Gasteiger partial charge in [0, 0.05) is 25.0 Å². The SMILES string of the molecule is CCOC1(OCC)C2C(C)=C(O)C(=O)C1C(c1ccccc1)C2C. The van der Waals surface area contributed by atoms with Crippen LogP contribution in [0.25, 0.3) is 0 Å². The fourth-order valence-corrected chi connectivity index (χ4v) is 4.88. The van der Waals surface area contributed by atoms with Crippen LogP contribution in [0.5, 0.6) is 0 Å². The normalized spacial score (nSPS) is 31.6. The highest BCUT2D eigenvalue weighted by Crippen LogP contribution is 2.61. The molecule has 0 aromatic heterocycles. The minimum Gasteiger partial charge on any atom is -0.504 e. The van der Waals surface area contributed by atoms with E-state index in [0.717, 1.165) is 5.56 Å². The number of hydrogen-bond donors (Lipinski definition) is 1. The summed E-state index contributed by atoms with van der Waals surface area (Å²) in [5.74, 6) is -1.93. The molecule has 4 heteroatoms. The average Bonchev–Trinajstić information content (AvgIpc) is 2.78. The molecule has 4 unspecified atom stereocenters. The maximum absolute atomic E-state index is 13.0. The standard InChI is InChI=1S/C20H26O4/c1-5-23-20(24-6-2)16-12(3)15(14-10-8-7-9-11-14)17(20)19(22)18(21)13(16)4/h7-12,15-17,21H,5-6H2,1-4H3. The largest absolute Gasteiger partial charge is 0.504 e. The molecule has 0 radical (unpaired) electrons. The van der Waals surface area contributed by atoms with Crippen LogP contribution in [0.1, 0.15) is 39.2 Å². The Morgan fingerprint density at radius 3 is 2.21 bits per heavy atom. The molecular weight excluding hydrogens is 304 g/mol. The molecular formula is C20H26O4. The van der Waals surface area contributed by atoms with Crippen LogP contribution in [0, 0.1) is 17.8 Å². The number of benzene rings is 1. The third-order valence-electron chi connectivity index (χ3n) is 5.60. The van der Waals surface area contributed by atoms with Crippen LogP contribution < -0.4 is 0 Å². The van der Waals surface area contributed by atoms with Gasteiger partial charge in [0.2, 0.25) is 5.78 Å². The molecule has 1 saturated carbocycles. The third kappa shape index (κ3) is 2.24. The zero-order valence-corrected chi connectivity index (χ0v) is 14.8. The number of rotatable bonds is 5. The highest BCUT2D eigenvalue weighted by Gasteiger charge is 2.67. The molecule has 1 N–H and O–H groups in total. The van der Waals surface area contributed by atoms with Crippen molar-refractivity contribution in [3.8, 4) is 0 Å². The van der Waals surface area contributed by atoms with Gasteiger partial charge in [-0.2, -0.15) is 0 Å². The maximum Gasteiger partial charge on any atom is 0.206 e. The summed E-state index contributed by atoms with van der Waals surface area (Å²) in [4.78, 5) is 13.0. The molecule has 0 heterocycles. The summed E-state index contributed by atoms with van der Waals surface area (Å²) in [6.45, 7) is 8.71. The van der Waals surface area contributed by atoms with Crippen molar-refractivity contribution in [1.29, 1.82) is 0 Å². The first-order valence-corrected chi connectivity index (χ1v) is 8.76. The number of ether oxygens (including phenoxy) is 2. The zero-order chi connectivity index (χ0) is 17.5. The Balaban J connectivity index is 2.20. The molecule has 4 nitrogen and oxygen atoms in total. The quantitative estimate of drug-likeness (QED) is 0.834. The van der Waals surface area contributed by atoms with Gasteiger partial charge >= 0.3 is 0 Å². The number of aliphatic hydroxyl groups excluding tert-OH is 1. The van der Waals surface area contributed by atoms with E-state index >= 15 is 0 Å². The average molecular weight is 330 g/mol. The Bertz CT molecular complexity index is 643. The van der Waals surface area contributed by atoms with E-state index in [1.54, 1.807) is 0 Å². The summed E-state index contributed by atoms with van der Waals surface area (Å²) in [7, 11) is 0. The molecule has 3 rings (SSSR count). The number of hydrogen-bond acceptors (Lipinski definition) is 4. The van der Waals surface area contributed by atoms with Crippen molar-refractivity contribution in [3.63, 3.8) is 0 Å². The Labute approximate surface area is 143 Å². The molecule has 2 aliphatic carbocycles. The number of Topliss-reactive ketones (excluding diaryl/α,β-unsaturated/α-hetero) is 1. The van der Waals surface area contributed by atoms with Crippen molar-refractivity contribution in [3.05, 3.63) is 47.2 Å². The van der Waals surface area contributed by atoms with Crippen molar-refractivity contribution >= 4 is 5.78 Å². The van der Waals surface area contributed by atoms with Crippen molar-refractivity contribution < 1.29 is 19.4 Å². The van der Waals surface area contributed by atoms with E-state index in [1.165, 1.54) is 0 Å². The van der Waals surface area contributed by atoms with E-state index in [9.17, 15) is 9.90 Å². The van der Waals surface area contributed by atoms with Gasteiger partial charge in [0.05, 0.1) is 5.92 Å². The Morgan fingerprint density at radius 1 is 1.08 bits per heavy atom. The fourth-order valence-electron chi connectivity index (χ4n) is 4.88. The number of fused-ring (bicyclic) bond motifs is 2. The van der Waals surface area contributed by atoms with Crippen LogP contribution in [-0.2, 0) is 14.3 Å². The molecule has 130 valence electrons. The molecule has 1 aromatic carbocycles. The third-order valence-corrected chi connectivity index (χ3v) is 5.60. The molecule has 1 fully saturated rings. The van der Waals surface area contributed by atoms with Crippen LogP contribution in [0.15, 0.2) is 41.7 Å². The first-order chi connectivity index (χ1) is 11.5. The van der Waals surface area contributed by atoms with Crippen molar-refractivity contribution in [1.82, 2.24) is 0 Å². The molecule has 2 aliphatic rings. The summed E-state index contributed by atoms with van der Waals surface area (Å²) in [6, 6.07) is 10.0. The van der Waals surface area contributed by atoms with Gasteiger partial charge in [-0.1, -0.05) is 37.3 Å². The monoisotopic (exact) mass is 330 g/mol. The summed E-state index contributed by atoms with van der Waals surface area (Å²) in [5, 5.41) is 10.4. The van der Waals surface area contributed by atoms with Crippen LogP contribution in [0.4, 0.5) is 0 Å². The van der Waals surface area contributed by atoms with Gasteiger partial charge in [-0.25, -0.2) is 0 Å². The van der Waals surface area contributed by atoms with E-state index in [-0.39, 0.29) is 29.3 Å². The minimum atomic E-state index is -0.989. The van der Waals surface area contributed by atoms with Crippen molar-refractivity contribution in [2.24, 2.45) is 17.8 Å². The van der Waals surface area contributed by atoms with Gasteiger partial charge < -0.3 is 14.6 Å². The molecule has 2 bridgehead atoms. The number of ketones is 1. The summed E-state index contributed by atoms with van der Waals surface area (Å²) in [6.07, 6.45) is 0. The second-order valence-electron chi connectivity index (χ2n) is 6.73. The molecule has 24 heavy (non-hydrogen) atoms. The predicted octanol–water partition coefficient (Wildman–Crippen LogP) is 3.84. The second kappa shape index (κ2) is 6.34. The van der Waals surface area contributed by atoms with E-state index in [2.05, 4.69) is 6.92 Å². The molecule has 1 aromatic rings. The number of carbonyl (C=O) groups excluding carboxylic acids is 1. The van der Waals surface area contributed by atoms with E-state index < -0.39 is 11.7 Å². The predicted molar refractivity (Wildman–Crippen MR) is 91.6 cm³/mol. The van der Waals surface area contributed by atoms with Gasteiger partial charge in [-0.15, -0.1) is 0 Å². The Hall–Kier alpha value is -1.65. The summed E-state index contributed by atoms with van der Waals surface area (Å²) < 4.78 is 12.2. The molecule has 0 saturated heterocycles. The smallest absolute Gasteiger partial charge is 0.206 e. The lowest BCUT2D eigenvalue weighted by molar-refractivity contribution is -0.270. The minimum absolute atomic E-state index is 0.0404. The van der Waals surface area contributed by atoms with Crippen LogP contribution >= 0.6 is 0 Å². The van der Waals surface area contributed by atoms with Gasteiger partial charge in [-0.3, -0.25) is 4.79 Å². The van der Waals surface area contributed by atoms with Gasteiger partial charge in [-0.05, 0) is 37.8 Å². The highest BCUT2D eigenvalue weighted by molar-refractivity contribution is 5.99. The fraction of sp³-hybridized carbons (Fsp3) is 0.550. The number of aliphatic hydroxyl groups is 1. The van der Waals surface area contributed by atoms with Crippen molar-refractivity contribution in [2.75, 3.05) is 13.2 Å². The summed E-state index contributed by atoms with van der Waals surface area (Å²) in [5.41, 5.74) is 1.78. The second-order valence-corrected chi connectivity index (χ2v) is 6.73. The molecule has 4 atom stereocenters. The lowest BCUT2D eigenvalue weighted by atomic mass is 9.78. The van der Waals surface area contributed by atoms with Crippen molar-refractivity contribution in [2.45, 2.75) is 39.4 Å². The molecule has 0 aliphatic heterocycles. The van der Waals surface area contributed by atoms with Crippen LogP contribution in [0.3, 0.4) is 0 Å². The van der Waals surface area contributed by atoms with E-state index in [0.29, 0.717) is 18.8 Å². The van der Waals surface area contributed by atoms with Gasteiger partial charge in [0.15, 0.2) is 11.5 Å². The first kappa shape index (κ1) is 17.2. The zero-order valence-electron chi connectivity index (χ0n) is 14.8. The van der Waals surface area contributed by atoms with Crippen LogP contribution in [-0.4, -0.2) is 29.9 Å². The molecule has 0 amide bonds. The summed E-state index contributed by atoms with van der Waals surface area (Å²) >= 11 is 0. The highest BCUT2D eigenvalue weighted by atomic mass is 16.7. The van der Waals surface area contributed by atoms with Gasteiger partial charge in [0.25, 0.3) is 0 Å². The van der Waals surface area contributed by atoms with E-state index in [1.807, 2.05) is 51.1 Å². The lowest BCUT2D eigenvalue weighted by Gasteiger charge is -2.43. The topological polar surface area (TPSA) is 55.8 Å². The Morgan fingerprint density at radius 2 is 1.67 bits per heavy atom. The maximum atomic E-state index is 13.0. The number of allylic oxidation sites excluding steroid dienone is 1. The van der Waals surface area contributed by atoms with Gasteiger partial charge in [0.1, 0.15) is 0 Å².